The highest BCUT2D eigenvalue weighted by atomic mass is 16.5. The smallest absolute Gasteiger partial charge is 0.354 e. The number of esters is 2. The summed E-state index contributed by atoms with van der Waals surface area (Å²) in [7, 11) is 2.51. The van der Waals surface area contributed by atoms with E-state index in [1.54, 1.807) is 0 Å². The molecule has 2 N–H and O–H groups in total. The van der Waals surface area contributed by atoms with Crippen molar-refractivity contribution in [2.75, 3.05) is 32.6 Å². The first-order valence-corrected chi connectivity index (χ1v) is 7.59. The molecule has 1 aliphatic heterocycles. The molecule has 0 saturated carbocycles. The molecule has 1 aromatic rings. The quantitative estimate of drug-likeness (QED) is 0.637. The number of nitrogens with one attached hydrogen (secondary N) is 2. The molecule has 1 unspecified atom stereocenters. The van der Waals surface area contributed by atoms with Crippen LogP contribution in [0.4, 0.5) is 5.69 Å². The lowest BCUT2D eigenvalue weighted by atomic mass is 9.91. The Balaban J connectivity index is 2.09. The van der Waals surface area contributed by atoms with E-state index in [4.69, 9.17) is 0 Å². The molecule has 2 rings (SSSR count). The van der Waals surface area contributed by atoms with Crippen LogP contribution in [0.25, 0.3) is 0 Å². The Morgan fingerprint density at radius 1 is 1.22 bits per heavy atom. The zero-order valence-corrected chi connectivity index (χ0v) is 13.4. The van der Waals surface area contributed by atoms with Crippen LogP contribution in [-0.2, 0) is 19.1 Å². The van der Waals surface area contributed by atoms with Crippen molar-refractivity contribution in [3.63, 3.8) is 0 Å². The van der Waals surface area contributed by atoms with E-state index in [0.29, 0.717) is 11.6 Å². The number of hydrogen-bond donors (Lipinski definition) is 2. The highest BCUT2D eigenvalue weighted by molar-refractivity contribution is 5.98. The molecular formula is C17H22N2O4. The van der Waals surface area contributed by atoms with Gasteiger partial charge in [-0.05, 0) is 43.0 Å². The third-order valence-corrected chi connectivity index (χ3v) is 3.83. The summed E-state index contributed by atoms with van der Waals surface area (Å²) in [6.07, 6.45) is 3.43. The van der Waals surface area contributed by atoms with E-state index in [2.05, 4.69) is 20.1 Å². The number of piperidine rings is 1. The third kappa shape index (κ3) is 4.82. The van der Waals surface area contributed by atoms with Crippen molar-refractivity contribution < 1.29 is 19.1 Å². The third-order valence-electron chi connectivity index (χ3n) is 3.83. The predicted octanol–water partition coefficient (Wildman–Crippen LogP) is 1.80. The predicted molar refractivity (Wildman–Crippen MR) is 87.0 cm³/mol. The maximum atomic E-state index is 11.7. The highest BCUT2D eigenvalue weighted by Gasteiger charge is 2.16. The van der Waals surface area contributed by atoms with E-state index in [-0.39, 0.29) is 5.70 Å². The number of anilines is 1. The second kappa shape index (κ2) is 8.33. The zero-order valence-electron chi connectivity index (χ0n) is 13.4. The molecule has 1 aromatic carbocycles. The fourth-order valence-corrected chi connectivity index (χ4v) is 2.56. The van der Waals surface area contributed by atoms with Gasteiger partial charge in [-0.1, -0.05) is 12.1 Å². The van der Waals surface area contributed by atoms with Crippen molar-refractivity contribution in [3.05, 3.63) is 41.6 Å². The minimum Gasteiger partial charge on any atom is -0.466 e. The van der Waals surface area contributed by atoms with Gasteiger partial charge in [0.15, 0.2) is 0 Å². The second-order valence-corrected chi connectivity index (χ2v) is 5.36. The number of benzene rings is 1. The van der Waals surface area contributed by atoms with Crippen LogP contribution in [0.3, 0.4) is 0 Å². The second-order valence-electron chi connectivity index (χ2n) is 5.36. The SMILES string of the molecule is COC(=O)/C=C(/Nc1ccc(C2CCCNC2)cc1)C(=O)OC. The van der Waals surface area contributed by atoms with Crippen LogP contribution in [0, 0.1) is 0 Å². The molecule has 6 nitrogen and oxygen atoms in total. The molecule has 0 spiro atoms. The standard InChI is InChI=1S/C17H22N2O4/c1-22-16(20)10-15(17(21)23-2)19-14-7-5-12(6-8-14)13-4-3-9-18-11-13/h5-8,10,13,18-19H,3-4,9,11H2,1-2H3/b15-10+. The van der Waals surface area contributed by atoms with Gasteiger partial charge in [0.25, 0.3) is 0 Å². The molecule has 1 heterocycles. The van der Waals surface area contributed by atoms with Gasteiger partial charge < -0.3 is 20.1 Å². The largest absolute Gasteiger partial charge is 0.466 e. The van der Waals surface area contributed by atoms with Gasteiger partial charge in [-0.2, -0.15) is 0 Å². The van der Waals surface area contributed by atoms with Crippen LogP contribution >= 0.6 is 0 Å². The minimum absolute atomic E-state index is 0.0337. The van der Waals surface area contributed by atoms with E-state index in [1.807, 2.05) is 24.3 Å². The molecule has 0 radical (unpaired) electrons. The summed E-state index contributed by atoms with van der Waals surface area (Å²) < 4.78 is 9.20. The van der Waals surface area contributed by atoms with Crippen LogP contribution in [0.1, 0.15) is 24.3 Å². The van der Waals surface area contributed by atoms with Gasteiger partial charge in [0.05, 0.1) is 20.3 Å². The van der Waals surface area contributed by atoms with Crippen LogP contribution < -0.4 is 10.6 Å². The Morgan fingerprint density at radius 3 is 2.52 bits per heavy atom. The molecule has 1 saturated heterocycles. The van der Waals surface area contributed by atoms with Crippen LogP contribution in [0.15, 0.2) is 36.0 Å². The van der Waals surface area contributed by atoms with Gasteiger partial charge in [-0.25, -0.2) is 9.59 Å². The first-order chi connectivity index (χ1) is 11.1. The summed E-state index contributed by atoms with van der Waals surface area (Å²) in [5.41, 5.74) is 2.00. The molecular weight excluding hydrogens is 296 g/mol. The van der Waals surface area contributed by atoms with Gasteiger partial charge in [0.2, 0.25) is 0 Å². The van der Waals surface area contributed by atoms with E-state index in [0.717, 1.165) is 19.2 Å². The van der Waals surface area contributed by atoms with Gasteiger partial charge in [-0.15, -0.1) is 0 Å². The maximum Gasteiger partial charge on any atom is 0.354 e. The summed E-state index contributed by atoms with van der Waals surface area (Å²) in [6, 6.07) is 7.84. The summed E-state index contributed by atoms with van der Waals surface area (Å²) in [5, 5.41) is 6.29. The maximum absolute atomic E-state index is 11.7. The average Bonchev–Trinajstić information content (AvgIpc) is 2.61. The Morgan fingerprint density at radius 2 is 1.96 bits per heavy atom. The van der Waals surface area contributed by atoms with E-state index in [9.17, 15) is 9.59 Å². The molecule has 1 atom stereocenters. The number of hydrogen-bond acceptors (Lipinski definition) is 6. The van der Waals surface area contributed by atoms with Crippen LogP contribution in [0.2, 0.25) is 0 Å². The number of ether oxygens (including phenoxy) is 2. The van der Waals surface area contributed by atoms with Gasteiger partial charge >= 0.3 is 11.9 Å². The van der Waals surface area contributed by atoms with Gasteiger partial charge in [0.1, 0.15) is 5.70 Å². The van der Waals surface area contributed by atoms with E-state index >= 15 is 0 Å². The Bertz CT molecular complexity index is 575. The fourth-order valence-electron chi connectivity index (χ4n) is 2.56. The van der Waals surface area contributed by atoms with Crippen LogP contribution in [-0.4, -0.2) is 39.2 Å². The Hall–Kier alpha value is -2.34. The number of rotatable bonds is 5. The molecule has 23 heavy (non-hydrogen) atoms. The van der Waals surface area contributed by atoms with E-state index < -0.39 is 11.9 Å². The minimum atomic E-state index is -0.629. The molecule has 124 valence electrons. The van der Waals surface area contributed by atoms with Crippen LogP contribution in [0.5, 0.6) is 0 Å². The molecule has 0 aliphatic carbocycles. The van der Waals surface area contributed by atoms with Crippen molar-refractivity contribution in [2.45, 2.75) is 18.8 Å². The topological polar surface area (TPSA) is 76.7 Å². The summed E-state index contributed by atoms with van der Waals surface area (Å²) >= 11 is 0. The molecule has 1 aliphatic rings. The summed E-state index contributed by atoms with van der Waals surface area (Å²) in [5.74, 6) is -0.734. The number of carbonyl (C=O) groups excluding carboxylic acids is 2. The highest BCUT2D eigenvalue weighted by Crippen LogP contribution is 2.24. The van der Waals surface area contributed by atoms with Gasteiger partial charge in [-0.3, -0.25) is 0 Å². The molecule has 0 amide bonds. The van der Waals surface area contributed by atoms with Crippen molar-refractivity contribution in [3.8, 4) is 0 Å². The summed E-state index contributed by atoms with van der Waals surface area (Å²) in [6.45, 7) is 2.07. The average molecular weight is 318 g/mol. The first-order valence-electron chi connectivity index (χ1n) is 7.59. The fraction of sp³-hybridized carbons (Fsp3) is 0.412. The lowest BCUT2D eigenvalue weighted by molar-refractivity contribution is -0.138. The zero-order chi connectivity index (χ0) is 16.7. The number of carbonyl (C=O) groups is 2. The first kappa shape index (κ1) is 17.0. The van der Waals surface area contributed by atoms with Gasteiger partial charge in [0, 0.05) is 12.2 Å². The summed E-state index contributed by atoms with van der Waals surface area (Å²) in [4.78, 5) is 23.1. The lowest BCUT2D eigenvalue weighted by Crippen LogP contribution is -2.28. The lowest BCUT2D eigenvalue weighted by Gasteiger charge is -2.23. The monoisotopic (exact) mass is 318 g/mol. The Kier molecular flexibility index (Phi) is 6.17. The number of methoxy groups -OCH3 is 2. The molecule has 0 bridgehead atoms. The van der Waals surface area contributed by atoms with Crippen molar-refractivity contribution in [1.82, 2.24) is 5.32 Å². The van der Waals surface area contributed by atoms with E-state index in [1.165, 1.54) is 32.6 Å². The molecule has 1 fully saturated rings. The normalized spacial score (nSPS) is 18.2. The van der Waals surface area contributed by atoms with Crippen molar-refractivity contribution in [1.29, 1.82) is 0 Å². The molecule has 6 heteroatoms. The Labute approximate surface area is 135 Å². The van der Waals surface area contributed by atoms with Crippen molar-refractivity contribution in [2.24, 2.45) is 0 Å². The molecule has 0 aromatic heterocycles. The van der Waals surface area contributed by atoms with Crippen molar-refractivity contribution >= 4 is 17.6 Å².